The number of hydrogen-bond acceptors (Lipinski definition) is 4. The predicted octanol–water partition coefficient (Wildman–Crippen LogP) is 7.08. The first-order valence-electron chi connectivity index (χ1n) is 12.5. The summed E-state index contributed by atoms with van der Waals surface area (Å²) in [5, 5.41) is 7.58. The number of aromatic nitrogens is 1. The Morgan fingerprint density at radius 3 is 2.65 bits per heavy atom. The summed E-state index contributed by atoms with van der Waals surface area (Å²) in [6.45, 7) is 5.87. The molecule has 0 spiro atoms. The van der Waals surface area contributed by atoms with Gasteiger partial charge < -0.3 is 15.4 Å². The van der Waals surface area contributed by atoms with Gasteiger partial charge in [0.2, 0.25) is 0 Å². The molecular formula is C28H35ClFN3O. The molecule has 1 aromatic carbocycles. The lowest BCUT2D eigenvalue weighted by atomic mass is 9.80. The number of pyridine rings is 1. The second-order valence-corrected chi connectivity index (χ2v) is 9.86. The first-order chi connectivity index (χ1) is 16.5. The lowest BCUT2D eigenvalue weighted by Gasteiger charge is -2.33. The molecule has 2 heterocycles. The minimum Gasteiger partial charge on any atom is -0.381 e. The smallest absolute Gasteiger partial charge is 0.146 e. The molecule has 0 unspecified atom stereocenters. The van der Waals surface area contributed by atoms with E-state index in [2.05, 4.69) is 34.4 Å². The van der Waals surface area contributed by atoms with Crippen LogP contribution in [0.4, 0.5) is 15.9 Å². The van der Waals surface area contributed by atoms with E-state index in [1.165, 1.54) is 25.3 Å². The molecule has 2 N–H and O–H groups in total. The van der Waals surface area contributed by atoms with Crippen LogP contribution < -0.4 is 10.6 Å². The molecule has 182 valence electrons. The molecule has 0 bridgehead atoms. The SMILES string of the molecule is CC#CC1(CNc2c(F)ccc(-c3cc(NC4CCCCC4)ncc3Cl)c2CC)CCOCC1. The van der Waals surface area contributed by atoms with Gasteiger partial charge in [-0.1, -0.05) is 49.8 Å². The quantitative estimate of drug-likeness (QED) is 0.413. The largest absolute Gasteiger partial charge is 0.381 e. The Labute approximate surface area is 208 Å². The number of nitrogens with one attached hydrogen (secondary N) is 2. The van der Waals surface area contributed by atoms with Crippen molar-refractivity contribution in [2.75, 3.05) is 30.4 Å². The summed E-state index contributed by atoms with van der Waals surface area (Å²) in [6.07, 6.45) is 10.2. The summed E-state index contributed by atoms with van der Waals surface area (Å²) in [5.41, 5.74) is 3.07. The number of halogens is 2. The fourth-order valence-corrected chi connectivity index (χ4v) is 5.45. The van der Waals surface area contributed by atoms with E-state index < -0.39 is 0 Å². The fraction of sp³-hybridized carbons (Fsp3) is 0.536. The van der Waals surface area contributed by atoms with E-state index in [0.717, 1.165) is 48.2 Å². The lowest BCUT2D eigenvalue weighted by molar-refractivity contribution is 0.0464. The number of nitrogens with zero attached hydrogens (tertiary/aromatic N) is 1. The maximum absolute atomic E-state index is 15.1. The summed E-state index contributed by atoms with van der Waals surface area (Å²) in [4.78, 5) is 4.52. The van der Waals surface area contributed by atoms with Crippen molar-refractivity contribution in [3.05, 3.63) is 40.8 Å². The molecule has 34 heavy (non-hydrogen) atoms. The van der Waals surface area contributed by atoms with Crippen molar-refractivity contribution in [1.82, 2.24) is 4.98 Å². The van der Waals surface area contributed by atoms with Gasteiger partial charge in [0.15, 0.2) is 0 Å². The molecule has 1 saturated carbocycles. The Morgan fingerprint density at radius 1 is 1.18 bits per heavy atom. The van der Waals surface area contributed by atoms with Gasteiger partial charge in [0, 0.05) is 37.6 Å². The summed E-state index contributed by atoms with van der Waals surface area (Å²) in [5.74, 6) is 7.02. The molecular weight excluding hydrogens is 449 g/mol. The van der Waals surface area contributed by atoms with Gasteiger partial charge in [0.05, 0.1) is 16.1 Å². The first kappa shape index (κ1) is 24.8. The van der Waals surface area contributed by atoms with E-state index in [1.807, 2.05) is 19.1 Å². The third-order valence-electron chi connectivity index (χ3n) is 7.16. The molecule has 1 aromatic heterocycles. The van der Waals surface area contributed by atoms with Crippen molar-refractivity contribution in [2.45, 2.75) is 71.3 Å². The predicted molar refractivity (Wildman–Crippen MR) is 139 cm³/mol. The van der Waals surface area contributed by atoms with Gasteiger partial charge in [-0.05, 0) is 62.3 Å². The summed E-state index contributed by atoms with van der Waals surface area (Å²) >= 11 is 6.62. The van der Waals surface area contributed by atoms with E-state index in [4.69, 9.17) is 16.3 Å². The average Bonchev–Trinajstić information content (AvgIpc) is 2.86. The monoisotopic (exact) mass is 483 g/mol. The zero-order chi connectivity index (χ0) is 24.0. The van der Waals surface area contributed by atoms with Crippen molar-refractivity contribution < 1.29 is 9.13 Å². The maximum Gasteiger partial charge on any atom is 0.146 e. The van der Waals surface area contributed by atoms with Gasteiger partial charge in [-0.3, -0.25) is 0 Å². The molecule has 0 atom stereocenters. The fourth-order valence-electron chi connectivity index (χ4n) is 5.24. The topological polar surface area (TPSA) is 46.2 Å². The van der Waals surface area contributed by atoms with Crippen molar-refractivity contribution in [1.29, 1.82) is 0 Å². The average molecular weight is 484 g/mol. The molecule has 0 amide bonds. The van der Waals surface area contributed by atoms with E-state index in [0.29, 0.717) is 42.9 Å². The number of anilines is 2. The Kier molecular flexibility index (Phi) is 8.34. The molecule has 0 radical (unpaired) electrons. The van der Waals surface area contributed by atoms with E-state index in [-0.39, 0.29) is 11.2 Å². The highest BCUT2D eigenvalue weighted by molar-refractivity contribution is 6.33. The highest BCUT2D eigenvalue weighted by Crippen LogP contribution is 2.38. The lowest BCUT2D eigenvalue weighted by Crippen LogP contribution is -2.35. The number of ether oxygens (including phenoxy) is 1. The standard InChI is InChI=1S/C28H35ClFN3O/c1-3-12-28(13-15-34-16-14-28)19-32-27-21(4-2)22(10-11-25(27)30)23-17-26(31-18-24(23)29)33-20-8-6-5-7-9-20/h10-11,17-18,20,32H,4-9,13-16,19H2,1-2H3,(H,31,33). The van der Waals surface area contributed by atoms with Crippen LogP contribution in [0.25, 0.3) is 11.1 Å². The van der Waals surface area contributed by atoms with Crippen LogP contribution in [0.2, 0.25) is 5.02 Å². The summed E-state index contributed by atoms with van der Waals surface area (Å²) < 4.78 is 20.7. The van der Waals surface area contributed by atoms with Gasteiger partial charge in [-0.2, -0.15) is 0 Å². The van der Waals surface area contributed by atoms with Crippen LogP contribution >= 0.6 is 11.6 Å². The van der Waals surface area contributed by atoms with Crippen molar-refractivity contribution >= 4 is 23.1 Å². The zero-order valence-electron chi connectivity index (χ0n) is 20.3. The molecule has 6 heteroatoms. The Balaban J connectivity index is 1.63. The molecule has 1 saturated heterocycles. The third-order valence-corrected chi connectivity index (χ3v) is 7.46. The second kappa shape index (κ2) is 11.4. The van der Waals surface area contributed by atoms with Crippen LogP contribution in [-0.4, -0.2) is 30.8 Å². The van der Waals surface area contributed by atoms with Crippen LogP contribution in [0, 0.1) is 23.1 Å². The van der Waals surface area contributed by atoms with E-state index in [9.17, 15) is 0 Å². The molecule has 2 fully saturated rings. The van der Waals surface area contributed by atoms with Crippen LogP contribution in [0.1, 0.15) is 64.4 Å². The third kappa shape index (κ3) is 5.67. The van der Waals surface area contributed by atoms with E-state index >= 15 is 4.39 Å². The maximum atomic E-state index is 15.1. The highest BCUT2D eigenvalue weighted by Gasteiger charge is 2.31. The number of benzene rings is 1. The Morgan fingerprint density at radius 2 is 1.94 bits per heavy atom. The molecule has 4 rings (SSSR count). The minimum absolute atomic E-state index is 0.203. The van der Waals surface area contributed by atoms with Gasteiger partial charge in [-0.15, -0.1) is 5.92 Å². The Bertz CT molecular complexity index is 1050. The van der Waals surface area contributed by atoms with Crippen LogP contribution in [0.15, 0.2) is 24.4 Å². The van der Waals surface area contributed by atoms with Crippen molar-refractivity contribution in [3.63, 3.8) is 0 Å². The number of rotatable bonds is 7. The molecule has 1 aliphatic carbocycles. The molecule has 2 aromatic rings. The van der Waals surface area contributed by atoms with E-state index in [1.54, 1.807) is 6.20 Å². The molecule has 1 aliphatic heterocycles. The van der Waals surface area contributed by atoms with Crippen LogP contribution in [0.3, 0.4) is 0 Å². The minimum atomic E-state index is -0.252. The zero-order valence-corrected chi connectivity index (χ0v) is 21.0. The van der Waals surface area contributed by atoms with Gasteiger partial charge >= 0.3 is 0 Å². The van der Waals surface area contributed by atoms with Crippen LogP contribution in [-0.2, 0) is 11.2 Å². The Hall–Kier alpha value is -2.29. The molecule has 4 nitrogen and oxygen atoms in total. The van der Waals surface area contributed by atoms with Gasteiger partial charge in [0.1, 0.15) is 11.6 Å². The van der Waals surface area contributed by atoms with Gasteiger partial charge in [-0.25, -0.2) is 9.37 Å². The second-order valence-electron chi connectivity index (χ2n) is 9.45. The van der Waals surface area contributed by atoms with Crippen molar-refractivity contribution in [2.24, 2.45) is 5.41 Å². The first-order valence-corrected chi connectivity index (χ1v) is 12.9. The van der Waals surface area contributed by atoms with Gasteiger partial charge in [0.25, 0.3) is 0 Å². The normalized spacial score (nSPS) is 18.1. The summed E-state index contributed by atoms with van der Waals surface area (Å²) in [7, 11) is 0. The molecule has 2 aliphatic rings. The van der Waals surface area contributed by atoms with Crippen LogP contribution in [0.5, 0.6) is 0 Å². The highest BCUT2D eigenvalue weighted by atomic mass is 35.5. The summed E-state index contributed by atoms with van der Waals surface area (Å²) in [6, 6.07) is 5.82. The number of hydrogen-bond donors (Lipinski definition) is 2. The van der Waals surface area contributed by atoms with Crippen molar-refractivity contribution in [3.8, 4) is 23.0 Å².